The fourth-order valence-electron chi connectivity index (χ4n) is 10.1. The number of unbranched alkanes of at least 4 members (excludes halogenated alkanes) is 48. The number of ether oxygens (including phenoxy) is 3. The van der Waals surface area contributed by atoms with Crippen LogP contribution in [0.15, 0.2) is 12.2 Å². The molecule has 0 aliphatic heterocycles. The van der Waals surface area contributed by atoms with E-state index in [2.05, 4.69) is 32.9 Å². The fourth-order valence-corrected chi connectivity index (χ4v) is 10.1. The zero-order chi connectivity index (χ0) is 52.2. The predicted octanol–water partition coefficient (Wildman–Crippen LogP) is 22.1. The van der Waals surface area contributed by atoms with Crippen molar-refractivity contribution in [2.75, 3.05) is 13.2 Å². The van der Waals surface area contributed by atoms with Gasteiger partial charge in [-0.15, -0.1) is 0 Å². The summed E-state index contributed by atoms with van der Waals surface area (Å²) in [6, 6.07) is 0. The Morgan fingerprint density at radius 3 is 0.694 bits per heavy atom. The number of carbonyl (C=O) groups excluding carboxylic acids is 3. The van der Waals surface area contributed by atoms with Gasteiger partial charge in [-0.05, 0) is 44.9 Å². The van der Waals surface area contributed by atoms with Crippen LogP contribution in [0.3, 0.4) is 0 Å². The van der Waals surface area contributed by atoms with Gasteiger partial charge in [0.1, 0.15) is 13.2 Å². The maximum Gasteiger partial charge on any atom is 0.306 e. The summed E-state index contributed by atoms with van der Waals surface area (Å²) in [5.41, 5.74) is 0. The fraction of sp³-hybridized carbons (Fsp3) is 0.924. The van der Waals surface area contributed by atoms with Crippen molar-refractivity contribution < 1.29 is 28.6 Å². The zero-order valence-corrected chi connectivity index (χ0v) is 49.0. The molecule has 426 valence electrons. The van der Waals surface area contributed by atoms with Crippen LogP contribution in [0.4, 0.5) is 0 Å². The van der Waals surface area contributed by atoms with Crippen molar-refractivity contribution in [2.24, 2.45) is 0 Å². The normalized spacial score (nSPS) is 12.0. The van der Waals surface area contributed by atoms with E-state index in [9.17, 15) is 14.4 Å². The first-order valence-corrected chi connectivity index (χ1v) is 32.7. The smallest absolute Gasteiger partial charge is 0.306 e. The number of esters is 3. The first kappa shape index (κ1) is 70.1. The van der Waals surface area contributed by atoms with Gasteiger partial charge in [-0.1, -0.05) is 322 Å². The van der Waals surface area contributed by atoms with Crippen molar-refractivity contribution in [3.05, 3.63) is 12.2 Å². The molecule has 0 saturated heterocycles. The Morgan fingerprint density at radius 2 is 0.458 bits per heavy atom. The van der Waals surface area contributed by atoms with Gasteiger partial charge in [-0.2, -0.15) is 0 Å². The minimum atomic E-state index is -0.764. The lowest BCUT2D eigenvalue weighted by atomic mass is 10.0. The van der Waals surface area contributed by atoms with E-state index in [1.807, 2.05) is 0 Å². The summed E-state index contributed by atoms with van der Waals surface area (Å²) in [5, 5.41) is 0. The number of carbonyl (C=O) groups is 3. The lowest BCUT2D eigenvalue weighted by Crippen LogP contribution is -2.30. The van der Waals surface area contributed by atoms with Crippen LogP contribution in [0.25, 0.3) is 0 Å². The topological polar surface area (TPSA) is 78.9 Å². The second-order valence-electron chi connectivity index (χ2n) is 22.4. The average Bonchev–Trinajstić information content (AvgIpc) is 3.38. The maximum absolute atomic E-state index is 12.9. The Balaban J connectivity index is 4.06. The van der Waals surface area contributed by atoms with Gasteiger partial charge < -0.3 is 14.2 Å². The molecule has 0 fully saturated rings. The highest BCUT2D eigenvalue weighted by atomic mass is 16.6. The minimum Gasteiger partial charge on any atom is -0.462 e. The van der Waals surface area contributed by atoms with Crippen LogP contribution in [0.2, 0.25) is 0 Å². The summed E-state index contributed by atoms with van der Waals surface area (Å²) in [4.78, 5) is 38.1. The third-order valence-electron chi connectivity index (χ3n) is 15.0. The van der Waals surface area contributed by atoms with Crippen LogP contribution in [0, 0.1) is 0 Å². The Labute approximate surface area is 450 Å². The molecule has 0 saturated carbocycles. The van der Waals surface area contributed by atoms with Gasteiger partial charge in [-0.25, -0.2) is 0 Å². The summed E-state index contributed by atoms with van der Waals surface area (Å²) in [6.07, 6.45) is 72.6. The van der Waals surface area contributed by atoms with Crippen LogP contribution >= 0.6 is 0 Å². The molecule has 0 radical (unpaired) electrons. The zero-order valence-electron chi connectivity index (χ0n) is 49.0. The second kappa shape index (κ2) is 61.7. The highest BCUT2D eigenvalue weighted by molar-refractivity contribution is 5.71. The highest BCUT2D eigenvalue weighted by Gasteiger charge is 2.19. The largest absolute Gasteiger partial charge is 0.462 e. The molecule has 0 spiro atoms. The molecule has 0 N–H and O–H groups in total. The molecule has 0 aromatic rings. The first-order chi connectivity index (χ1) is 35.5. The maximum atomic E-state index is 12.9. The van der Waals surface area contributed by atoms with E-state index in [1.165, 1.54) is 276 Å². The van der Waals surface area contributed by atoms with E-state index >= 15 is 0 Å². The molecule has 0 bridgehead atoms. The molecule has 0 aromatic heterocycles. The van der Waals surface area contributed by atoms with E-state index in [0.29, 0.717) is 19.3 Å². The summed E-state index contributed by atoms with van der Waals surface area (Å²) in [7, 11) is 0. The Bertz CT molecular complexity index is 1120. The number of hydrogen-bond donors (Lipinski definition) is 0. The summed E-state index contributed by atoms with van der Waals surface area (Å²) in [6.45, 7) is 6.67. The lowest BCUT2D eigenvalue weighted by Gasteiger charge is -2.18. The summed E-state index contributed by atoms with van der Waals surface area (Å²) < 4.78 is 16.9. The predicted molar refractivity (Wildman–Crippen MR) is 312 cm³/mol. The molecule has 1 unspecified atom stereocenters. The van der Waals surface area contributed by atoms with E-state index in [0.717, 1.165) is 57.8 Å². The van der Waals surface area contributed by atoms with Gasteiger partial charge in [0.2, 0.25) is 0 Å². The van der Waals surface area contributed by atoms with Gasteiger partial charge in [0, 0.05) is 19.3 Å². The van der Waals surface area contributed by atoms with Crippen molar-refractivity contribution in [3.8, 4) is 0 Å². The van der Waals surface area contributed by atoms with Crippen molar-refractivity contribution in [1.29, 1.82) is 0 Å². The minimum absolute atomic E-state index is 0.0644. The van der Waals surface area contributed by atoms with Crippen molar-refractivity contribution >= 4 is 17.9 Å². The highest BCUT2D eigenvalue weighted by Crippen LogP contribution is 2.18. The Hall–Kier alpha value is -1.85. The molecule has 0 rings (SSSR count). The molecule has 0 aromatic carbocycles. The van der Waals surface area contributed by atoms with Gasteiger partial charge in [0.25, 0.3) is 0 Å². The van der Waals surface area contributed by atoms with E-state index < -0.39 is 6.10 Å². The Morgan fingerprint density at radius 1 is 0.264 bits per heavy atom. The molecule has 0 aliphatic rings. The number of rotatable bonds is 61. The van der Waals surface area contributed by atoms with Crippen molar-refractivity contribution in [1.82, 2.24) is 0 Å². The van der Waals surface area contributed by atoms with Gasteiger partial charge in [0.05, 0.1) is 0 Å². The van der Waals surface area contributed by atoms with Crippen molar-refractivity contribution in [3.63, 3.8) is 0 Å². The van der Waals surface area contributed by atoms with Crippen molar-refractivity contribution in [2.45, 2.75) is 380 Å². The average molecular weight is 1020 g/mol. The van der Waals surface area contributed by atoms with Crippen LogP contribution in [0.5, 0.6) is 0 Å². The molecule has 1 atom stereocenters. The van der Waals surface area contributed by atoms with Crippen LogP contribution < -0.4 is 0 Å². The third kappa shape index (κ3) is 59.0. The molecule has 0 amide bonds. The summed E-state index contributed by atoms with van der Waals surface area (Å²) >= 11 is 0. The number of hydrogen-bond acceptors (Lipinski definition) is 6. The molecule has 0 aliphatic carbocycles. The van der Waals surface area contributed by atoms with Crippen LogP contribution in [0.1, 0.15) is 374 Å². The van der Waals surface area contributed by atoms with E-state index in [-0.39, 0.29) is 31.1 Å². The standard InChI is InChI=1S/C66H126O6/c1-4-7-10-13-16-18-20-22-24-26-28-30-32-34-35-37-39-41-43-45-47-50-53-56-59-65(68)71-62-63(61-70-64(67)58-55-52-49-15-12-9-6-3)72-66(69)60-57-54-51-48-46-44-42-40-38-36-33-31-29-27-25-23-21-19-17-14-11-8-5-2/h27,29,63H,4-26,28,30-62H2,1-3H3/b29-27-. The third-order valence-corrected chi connectivity index (χ3v) is 15.0. The number of allylic oxidation sites excluding steroid dienone is 2. The SMILES string of the molecule is CCCCCCCCCC/C=C\CCCCCCCCCCCCCC(=O)OC(COC(=O)CCCCCCCCC)COC(=O)CCCCCCCCCCCCCCCCCCCCCCCCCC. The van der Waals surface area contributed by atoms with E-state index in [4.69, 9.17) is 14.2 Å². The molecular weight excluding hydrogens is 889 g/mol. The molecule has 0 heterocycles. The summed E-state index contributed by atoms with van der Waals surface area (Å²) in [5.74, 6) is -0.844. The van der Waals surface area contributed by atoms with Gasteiger partial charge >= 0.3 is 17.9 Å². The van der Waals surface area contributed by atoms with Gasteiger partial charge in [0.15, 0.2) is 6.10 Å². The molecule has 6 nitrogen and oxygen atoms in total. The quantitative estimate of drug-likeness (QED) is 0.0261. The van der Waals surface area contributed by atoms with Crippen LogP contribution in [-0.4, -0.2) is 37.2 Å². The molecule has 72 heavy (non-hydrogen) atoms. The lowest BCUT2D eigenvalue weighted by molar-refractivity contribution is -0.167. The molecule has 6 heteroatoms. The van der Waals surface area contributed by atoms with Crippen LogP contribution in [-0.2, 0) is 28.6 Å². The van der Waals surface area contributed by atoms with E-state index in [1.54, 1.807) is 0 Å². The molecular formula is C66H126O6. The Kier molecular flexibility index (Phi) is 60.1. The monoisotopic (exact) mass is 1010 g/mol. The second-order valence-corrected chi connectivity index (χ2v) is 22.4. The first-order valence-electron chi connectivity index (χ1n) is 32.7. The van der Waals surface area contributed by atoms with Gasteiger partial charge in [-0.3, -0.25) is 14.4 Å².